The zero-order valence-electron chi connectivity index (χ0n) is 14.6. The van der Waals surface area contributed by atoms with E-state index in [9.17, 15) is 25.3 Å². The van der Waals surface area contributed by atoms with Gasteiger partial charge in [0, 0.05) is 32.2 Å². The number of rotatable bonds is 7. The highest BCUT2D eigenvalue weighted by molar-refractivity contribution is 5.65. The lowest BCUT2D eigenvalue weighted by Crippen LogP contribution is -2.39. The van der Waals surface area contributed by atoms with Crippen LogP contribution in [-0.4, -0.2) is 45.6 Å². The normalized spacial score (nSPS) is 15.0. The molecule has 9 heteroatoms. The van der Waals surface area contributed by atoms with Crippen LogP contribution < -0.4 is 5.32 Å². The van der Waals surface area contributed by atoms with E-state index < -0.39 is 16.0 Å². The second-order valence-corrected chi connectivity index (χ2v) is 6.50. The summed E-state index contributed by atoms with van der Waals surface area (Å²) < 4.78 is 0. The molecular weight excluding hydrogens is 352 g/mol. The van der Waals surface area contributed by atoms with E-state index in [2.05, 4.69) is 22.3 Å². The van der Waals surface area contributed by atoms with Gasteiger partial charge in [-0.2, -0.15) is 0 Å². The van der Waals surface area contributed by atoms with Gasteiger partial charge in [0.1, 0.15) is 5.69 Å². The van der Waals surface area contributed by atoms with Crippen molar-refractivity contribution in [3.8, 4) is 0 Å². The monoisotopic (exact) mass is 372 g/mol. The van der Waals surface area contributed by atoms with Crippen molar-refractivity contribution in [2.75, 3.05) is 25.0 Å². The van der Waals surface area contributed by atoms with E-state index in [-0.39, 0.29) is 23.6 Å². The van der Waals surface area contributed by atoms with Gasteiger partial charge in [-0.25, -0.2) is 0 Å². The third kappa shape index (κ3) is 4.57. The first-order valence-corrected chi connectivity index (χ1v) is 8.58. The van der Waals surface area contributed by atoms with Crippen molar-refractivity contribution < 1.29 is 15.0 Å². The number of benzene rings is 2. The third-order valence-corrected chi connectivity index (χ3v) is 4.60. The molecule has 0 aromatic heterocycles. The minimum absolute atomic E-state index is 0.108. The average Bonchev–Trinajstić information content (AvgIpc) is 2.66. The van der Waals surface area contributed by atoms with Crippen LogP contribution in [0.15, 0.2) is 42.5 Å². The van der Waals surface area contributed by atoms with Crippen molar-refractivity contribution in [3.05, 3.63) is 73.8 Å². The van der Waals surface area contributed by atoms with Gasteiger partial charge in [0.25, 0.3) is 11.4 Å². The lowest BCUT2D eigenvalue weighted by molar-refractivity contribution is -0.393. The van der Waals surface area contributed by atoms with Gasteiger partial charge < -0.3 is 10.4 Å². The number of aliphatic hydroxyl groups excluding tert-OH is 1. The van der Waals surface area contributed by atoms with Crippen molar-refractivity contribution in [1.82, 2.24) is 4.90 Å². The Kier molecular flexibility index (Phi) is 5.63. The SMILES string of the molecule is O=[N+]([O-])c1ccc(NCC(O)CN2CCc3ccccc3C2)c([N+](=O)[O-])c1. The maximum atomic E-state index is 11.1. The summed E-state index contributed by atoms with van der Waals surface area (Å²) in [5, 5.41) is 35.1. The number of nitrogens with zero attached hydrogens (tertiary/aromatic N) is 3. The van der Waals surface area contributed by atoms with Crippen LogP contribution in [0.4, 0.5) is 17.1 Å². The fraction of sp³-hybridized carbons (Fsp3) is 0.333. The minimum Gasteiger partial charge on any atom is -0.390 e. The highest BCUT2D eigenvalue weighted by Crippen LogP contribution is 2.29. The van der Waals surface area contributed by atoms with Crippen molar-refractivity contribution in [2.45, 2.75) is 19.1 Å². The number of β-amino-alcohol motifs (C(OH)–C–C–N with tert-alkyl or cyclic N) is 1. The van der Waals surface area contributed by atoms with Gasteiger partial charge in [-0.15, -0.1) is 0 Å². The first-order valence-electron chi connectivity index (χ1n) is 8.58. The molecule has 2 N–H and O–H groups in total. The zero-order valence-corrected chi connectivity index (χ0v) is 14.6. The lowest BCUT2D eigenvalue weighted by atomic mass is 10.00. The molecule has 0 spiro atoms. The molecule has 1 aliphatic rings. The Balaban J connectivity index is 1.59. The number of nitro benzene ring substituents is 2. The fourth-order valence-electron chi connectivity index (χ4n) is 3.23. The van der Waals surface area contributed by atoms with Crippen molar-refractivity contribution in [2.24, 2.45) is 0 Å². The Morgan fingerprint density at radius 1 is 1.11 bits per heavy atom. The summed E-state index contributed by atoms with van der Waals surface area (Å²) in [6.45, 7) is 2.13. The molecule has 0 saturated heterocycles. The second-order valence-electron chi connectivity index (χ2n) is 6.50. The Morgan fingerprint density at radius 3 is 2.56 bits per heavy atom. The predicted molar refractivity (Wildman–Crippen MR) is 99.7 cm³/mol. The first kappa shape index (κ1) is 18.7. The van der Waals surface area contributed by atoms with Crippen LogP contribution in [0.2, 0.25) is 0 Å². The van der Waals surface area contributed by atoms with E-state index in [1.807, 2.05) is 12.1 Å². The van der Waals surface area contributed by atoms with Gasteiger partial charge in [0.05, 0.1) is 22.0 Å². The molecule has 0 fully saturated rings. The predicted octanol–water partition coefficient (Wildman–Crippen LogP) is 2.33. The number of non-ortho nitro benzene ring substituents is 1. The van der Waals surface area contributed by atoms with E-state index in [1.54, 1.807) is 0 Å². The molecular formula is C18H20N4O5. The van der Waals surface area contributed by atoms with Gasteiger partial charge in [-0.3, -0.25) is 25.1 Å². The quantitative estimate of drug-likeness (QED) is 0.565. The summed E-state index contributed by atoms with van der Waals surface area (Å²) in [4.78, 5) is 22.7. The molecule has 0 radical (unpaired) electrons. The van der Waals surface area contributed by atoms with Gasteiger partial charge >= 0.3 is 0 Å². The Morgan fingerprint density at radius 2 is 1.85 bits per heavy atom. The molecule has 0 amide bonds. The van der Waals surface area contributed by atoms with E-state index in [0.29, 0.717) is 6.54 Å². The fourth-order valence-corrected chi connectivity index (χ4v) is 3.23. The zero-order chi connectivity index (χ0) is 19.4. The smallest absolute Gasteiger partial charge is 0.299 e. The topological polar surface area (TPSA) is 122 Å². The molecule has 142 valence electrons. The maximum Gasteiger partial charge on any atom is 0.299 e. The first-order chi connectivity index (χ1) is 12.9. The highest BCUT2D eigenvalue weighted by atomic mass is 16.6. The molecule has 1 unspecified atom stereocenters. The molecule has 0 aliphatic carbocycles. The number of hydrogen-bond donors (Lipinski definition) is 2. The minimum atomic E-state index is -0.731. The van der Waals surface area contributed by atoms with Gasteiger partial charge in [0.15, 0.2) is 0 Å². The van der Waals surface area contributed by atoms with E-state index in [0.717, 1.165) is 25.6 Å². The summed E-state index contributed by atoms with van der Waals surface area (Å²) in [7, 11) is 0. The molecule has 0 bridgehead atoms. The highest BCUT2D eigenvalue weighted by Gasteiger charge is 2.21. The largest absolute Gasteiger partial charge is 0.390 e. The third-order valence-electron chi connectivity index (χ3n) is 4.60. The summed E-state index contributed by atoms with van der Waals surface area (Å²) >= 11 is 0. The Hall–Kier alpha value is -3.04. The van der Waals surface area contributed by atoms with Crippen LogP contribution in [0.25, 0.3) is 0 Å². The molecule has 1 atom stereocenters. The maximum absolute atomic E-state index is 11.1. The Bertz CT molecular complexity index is 857. The number of nitrogens with one attached hydrogen (secondary N) is 1. The summed E-state index contributed by atoms with van der Waals surface area (Å²) in [5.74, 6) is 0. The van der Waals surface area contributed by atoms with Crippen molar-refractivity contribution in [1.29, 1.82) is 0 Å². The van der Waals surface area contributed by atoms with Crippen LogP contribution in [0.5, 0.6) is 0 Å². The second kappa shape index (κ2) is 8.11. The number of fused-ring (bicyclic) bond motifs is 1. The molecule has 1 heterocycles. The van der Waals surface area contributed by atoms with Crippen LogP contribution in [0.3, 0.4) is 0 Å². The van der Waals surface area contributed by atoms with Gasteiger partial charge in [0.2, 0.25) is 0 Å². The number of hydrogen-bond acceptors (Lipinski definition) is 7. The lowest BCUT2D eigenvalue weighted by Gasteiger charge is -2.30. The molecule has 0 saturated carbocycles. The molecule has 9 nitrogen and oxygen atoms in total. The average molecular weight is 372 g/mol. The van der Waals surface area contributed by atoms with Crippen LogP contribution in [0, 0.1) is 20.2 Å². The molecule has 2 aromatic rings. The van der Waals surface area contributed by atoms with E-state index in [1.165, 1.54) is 23.3 Å². The van der Waals surface area contributed by atoms with Gasteiger partial charge in [-0.05, 0) is 23.6 Å². The summed E-state index contributed by atoms with van der Waals surface area (Å²) in [6.07, 6.45) is 0.189. The van der Waals surface area contributed by atoms with Crippen LogP contribution in [0.1, 0.15) is 11.1 Å². The standard InChI is InChI=1S/C18H20N4O5/c23-16(12-20-8-7-13-3-1-2-4-14(13)11-20)10-19-17-6-5-15(21(24)25)9-18(17)22(26)27/h1-6,9,16,19,23H,7-8,10-12H2. The molecule has 27 heavy (non-hydrogen) atoms. The molecule has 2 aromatic carbocycles. The van der Waals surface area contributed by atoms with Crippen molar-refractivity contribution in [3.63, 3.8) is 0 Å². The van der Waals surface area contributed by atoms with E-state index >= 15 is 0 Å². The van der Waals surface area contributed by atoms with E-state index in [4.69, 9.17) is 0 Å². The van der Waals surface area contributed by atoms with Crippen molar-refractivity contribution >= 4 is 17.1 Å². The van der Waals surface area contributed by atoms with Crippen LogP contribution >= 0.6 is 0 Å². The van der Waals surface area contributed by atoms with Gasteiger partial charge in [-0.1, -0.05) is 24.3 Å². The Labute approximate surface area is 155 Å². The molecule has 1 aliphatic heterocycles. The van der Waals surface area contributed by atoms with Crippen LogP contribution in [-0.2, 0) is 13.0 Å². The summed E-state index contributed by atoms with van der Waals surface area (Å²) in [6, 6.07) is 11.6. The molecule has 3 rings (SSSR count). The summed E-state index contributed by atoms with van der Waals surface area (Å²) in [5.41, 5.74) is 1.98. The number of aliphatic hydroxyl groups is 1. The number of anilines is 1. The number of nitro groups is 2.